The molecule has 2 nitrogen and oxygen atoms in total. The molecule has 1 atom stereocenters. The van der Waals surface area contributed by atoms with Crippen LogP contribution < -0.4 is 4.74 Å². The van der Waals surface area contributed by atoms with Crippen LogP contribution in [0.25, 0.3) is 0 Å². The van der Waals surface area contributed by atoms with Gasteiger partial charge in [-0.3, -0.25) is 0 Å². The summed E-state index contributed by atoms with van der Waals surface area (Å²) in [7, 11) is 0. The summed E-state index contributed by atoms with van der Waals surface area (Å²) in [5, 5.41) is 14.1. The summed E-state index contributed by atoms with van der Waals surface area (Å²) in [5.41, 5.74) is 1.74. The largest absolute Gasteiger partial charge is 0.493 e. The van der Waals surface area contributed by atoms with Gasteiger partial charge in [-0.1, -0.05) is 18.2 Å². The Bertz CT molecular complexity index is 437. The number of aliphatic hydroxyl groups is 1. The number of aliphatic hydroxyl groups excluding tert-OH is 1. The van der Waals surface area contributed by atoms with Crippen molar-refractivity contribution in [2.45, 2.75) is 13.0 Å². The van der Waals surface area contributed by atoms with Gasteiger partial charge in [-0.25, -0.2) is 0 Å². The number of hydrogen-bond acceptors (Lipinski definition) is 3. The van der Waals surface area contributed by atoms with E-state index in [9.17, 15) is 5.11 Å². The first kappa shape index (κ1) is 11.2. The summed E-state index contributed by atoms with van der Waals surface area (Å²) in [5.74, 6) is 0.753. The molecule has 2 aromatic rings. The molecule has 0 radical (unpaired) electrons. The van der Waals surface area contributed by atoms with E-state index in [4.69, 9.17) is 4.74 Å². The Labute approximate surface area is 99.1 Å². The third-order valence-corrected chi connectivity index (χ3v) is 3.07. The monoisotopic (exact) mass is 234 g/mol. The lowest BCUT2D eigenvalue weighted by Gasteiger charge is -2.14. The number of ether oxygens (including phenoxy) is 1. The molecule has 1 unspecified atom stereocenters. The standard InChI is InChI=1S/C13H14O2S/c1-2-15-12-6-4-3-5-11(12)13(14)10-7-8-16-9-10/h3-9,13-14H,2H2,1H3. The summed E-state index contributed by atoms with van der Waals surface area (Å²) >= 11 is 1.58. The van der Waals surface area contributed by atoms with Crippen LogP contribution in [0.5, 0.6) is 5.75 Å². The molecule has 0 spiro atoms. The van der Waals surface area contributed by atoms with Gasteiger partial charge in [-0.05, 0) is 35.4 Å². The van der Waals surface area contributed by atoms with Crippen molar-refractivity contribution in [3.63, 3.8) is 0 Å². The number of benzene rings is 1. The van der Waals surface area contributed by atoms with E-state index in [1.807, 2.05) is 48.0 Å². The van der Waals surface area contributed by atoms with Crippen LogP contribution in [0.3, 0.4) is 0 Å². The molecule has 0 fully saturated rings. The summed E-state index contributed by atoms with van der Waals surface area (Å²) in [4.78, 5) is 0. The van der Waals surface area contributed by atoms with Gasteiger partial charge in [-0.2, -0.15) is 11.3 Å². The molecule has 0 amide bonds. The van der Waals surface area contributed by atoms with E-state index in [1.54, 1.807) is 11.3 Å². The Morgan fingerprint density at radius 2 is 2.12 bits per heavy atom. The fraction of sp³-hybridized carbons (Fsp3) is 0.231. The molecule has 84 valence electrons. The first-order chi connectivity index (χ1) is 7.83. The molecule has 0 saturated carbocycles. The van der Waals surface area contributed by atoms with E-state index < -0.39 is 6.10 Å². The van der Waals surface area contributed by atoms with Crippen LogP contribution in [-0.4, -0.2) is 11.7 Å². The normalized spacial score (nSPS) is 12.4. The van der Waals surface area contributed by atoms with Crippen LogP contribution in [0.1, 0.15) is 24.2 Å². The molecule has 0 aliphatic carbocycles. The number of hydrogen-bond donors (Lipinski definition) is 1. The third kappa shape index (κ3) is 2.26. The van der Waals surface area contributed by atoms with E-state index in [1.165, 1.54) is 0 Å². The molecule has 1 N–H and O–H groups in total. The van der Waals surface area contributed by atoms with Gasteiger partial charge in [0, 0.05) is 5.56 Å². The van der Waals surface area contributed by atoms with E-state index in [0.29, 0.717) is 6.61 Å². The fourth-order valence-corrected chi connectivity index (χ4v) is 2.28. The lowest BCUT2D eigenvalue weighted by Crippen LogP contribution is -2.02. The summed E-state index contributed by atoms with van der Waals surface area (Å²) in [6, 6.07) is 9.53. The first-order valence-corrected chi connectivity index (χ1v) is 6.19. The minimum Gasteiger partial charge on any atom is -0.493 e. The van der Waals surface area contributed by atoms with Crippen LogP contribution in [0.2, 0.25) is 0 Å². The molecular formula is C13H14O2S. The quantitative estimate of drug-likeness (QED) is 0.880. The summed E-state index contributed by atoms with van der Waals surface area (Å²) < 4.78 is 5.50. The van der Waals surface area contributed by atoms with Crippen LogP contribution >= 0.6 is 11.3 Å². The van der Waals surface area contributed by atoms with Crippen LogP contribution in [0.15, 0.2) is 41.1 Å². The van der Waals surface area contributed by atoms with Crippen molar-refractivity contribution in [2.24, 2.45) is 0 Å². The summed E-state index contributed by atoms with van der Waals surface area (Å²) in [6.45, 7) is 2.54. The summed E-state index contributed by atoms with van der Waals surface area (Å²) in [6.07, 6.45) is -0.603. The Balaban J connectivity index is 2.32. The van der Waals surface area contributed by atoms with Crippen LogP contribution in [0.4, 0.5) is 0 Å². The second-order valence-corrected chi connectivity index (χ2v) is 4.21. The zero-order valence-corrected chi connectivity index (χ0v) is 9.91. The molecule has 1 aromatic heterocycles. The first-order valence-electron chi connectivity index (χ1n) is 5.24. The Morgan fingerprint density at radius 3 is 2.81 bits per heavy atom. The third-order valence-electron chi connectivity index (χ3n) is 2.37. The van der Waals surface area contributed by atoms with Gasteiger partial charge in [0.25, 0.3) is 0 Å². The Hall–Kier alpha value is -1.32. The van der Waals surface area contributed by atoms with Gasteiger partial charge >= 0.3 is 0 Å². The highest BCUT2D eigenvalue weighted by molar-refractivity contribution is 7.07. The zero-order valence-electron chi connectivity index (χ0n) is 9.09. The molecule has 1 heterocycles. The molecule has 16 heavy (non-hydrogen) atoms. The second-order valence-electron chi connectivity index (χ2n) is 3.43. The number of para-hydroxylation sites is 1. The van der Waals surface area contributed by atoms with E-state index in [0.717, 1.165) is 16.9 Å². The molecule has 1 aromatic carbocycles. The van der Waals surface area contributed by atoms with Crippen molar-refractivity contribution >= 4 is 11.3 Å². The maximum atomic E-state index is 10.2. The average Bonchev–Trinajstić information content (AvgIpc) is 2.83. The van der Waals surface area contributed by atoms with Crippen molar-refractivity contribution in [3.8, 4) is 5.75 Å². The predicted molar refractivity (Wildman–Crippen MR) is 66.0 cm³/mol. The number of rotatable bonds is 4. The number of thiophene rings is 1. The van der Waals surface area contributed by atoms with Crippen molar-refractivity contribution in [3.05, 3.63) is 52.2 Å². The minimum absolute atomic E-state index is 0.603. The van der Waals surface area contributed by atoms with Crippen molar-refractivity contribution in [2.75, 3.05) is 6.61 Å². The van der Waals surface area contributed by atoms with Crippen molar-refractivity contribution in [1.82, 2.24) is 0 Å². The van der Waals surface area contributed by atoms with E-state index >= 15 is 0 Å². The van der Waals surface area contributed by atoms with Crippen molar-refractivity contribution < 1.29 is 9.84 Å². The topological polar surface area (TPSA) is 29.5 Å². The average molecular weight is 234 g/mol. The van der Waals surface area contributed by atoms with Crippen LogP contribution in [0, 0.1) is 0 Å². The molecule has 0 aliphatic rings. The van der Waals surface area contributed by atoms with Crippen molar-refractivity contribution in [1.29, 1.82) is 0 Å². The second kappa shape index (κ2) is 5.14. The van der Waals surface area contributed by atoms with Crippen LogP contribution in [-0.2, 0) is 0 Å². The lowest BCUT2D eigenvalue weighted by molar-refractivity contribution is 0.212. The minimum atomic E-state index is -0.603. The van der Waals surface area contributed by atoms with Gasteiger partial charge in [0.1, 0.15) is 11.9 Å². The van der Waals surface area contributed by atoms with Gasteiger partial charge in [0.2, 0.25) is 0 Å². The molecule has 0 saturated heterocycles. The molecule has 0 aliphatic heterocycles. The SMILES string of the molecule is CCOc1ccccc1C(O)c1ccsc1. The van der Waals surface area contributed by atoms with Gasteiger partial charge in [-0.15, -0.1) is 0 Å². The highest BCUT2D eigenvalue weighted by atomic mass is 32.1. The molecule has 3 heteroatoms. The maximum absolute atomic E-state index is 10.2. The Kier molecular flexibility index (Phi) is 3.59. The fourth-order valence-electron chi connectivity index (χ4n) is 1.60. The van der Waals surface area contributed by atoms with Gasteiger partial charge < -0.3 is 9.84 Å². The zero-order chi connectivity index (χ0) is 11.4. The highest BCUT2D eigenvalue weighted by Gasteiger charge is 2.15. The highest BCUT2D eigenvalue weighted by Crippen LogP contribution is 2.30. The van der Waals surface area contributed by atoms with E-state index in [2.05, 4.69) is 0 Å². The van der Waals surface area contributed by atoms with Gasteiger partial charge in [0.15, 0.2) is 0 Å². The maximum Gasteiger partial charge on any atom is 0.125 e. The Morgan fingerprint density at radius 1 is 1.31 bits per heavy atom. The van der Waals surface area contributed by atoms with E-state index in [-0.39, 0.29) is 0 Å². The molecular weight excluding hydrogens is 220 g/mol. The molecule has 0 bridgehead atoms. The van der Waals surface area contributed by atoms with Gasteiger partial charge in [0.05, 0.1) is 6.61 Å². The predicted octanol–water partition coefficient (Wildman–Crippen LogP) is 3.23. The lowest BCUT2D eigenvalue weighted by atomic mass is 10.0. The molecule has 2 rings (SSSR count). The smallest absolute Gasteiger partial charge is 0.125 e.